The van der Waals surface area contributed by atoms with E-state index in [1.807, 2.05) is 17.0 Å². The van der Waals surface area contributed by atoms with E-state index >= 15 is 0 Å². The third-order valence-corrected chi connectivity index (χ3v) is 4.66. The van der Waals surface area contributed by atoms with Crippen LogP contribution in [0.5, 0.6) is 0 Å². The summed E-state index contributed by atoms with van der Waals surface area (Å²) in [7, 11) is 1.65. The lowest BCUT2D eigenvalue weighted by molar-refractivity contribution is -0.143. The number of aromatic nitrogens is 3. The van der Waals surface area contributed by atoms with Crippen LogP contribution < -0.4 is 5.32 Å². The Morgan fingerprint density at radius 1 is 1.32 bits per heavy atom. The predicted molar refractivity (Wildman–Crippen MR) is 111 cm³/mol. The molecule has 2 aromatic heterocycles. The first kappa shape index (κ1) is 23.9. The molecule has 1 saturated heterocycles. The lowest BCUT2D eigenvalue weighted by atomic mass is 10.1. The number of pyridine rings is 1. The zero-order chi connectivity index (χ0) is 18.5. The predicted octanol–water partition coefficient (Wildman–Crippen LogP) is 1.31. The molecule has 2 atom stereocenters. The summed E-state index contributed by atoms with van der Waals surface area (Å²) in [6, 6.07) is 5.10. The molecule has 1 N–H and O–H groups in total. The van der Waals surface area contributed by atoms with Crippen molar-refractivity contribution in [3.05, 3.63) is 48.5 Å². The maximum absolute atomic E-state index is 12.9. The SMILES string of the molecule is CC(C(=O)N(C)CC(=O)N1CCNCC1c1cccnc1)n1cccn1.Cl.Cl. The zero-order valence-corrected chi connectivity index (χ0v) is 17.5. The van der Waals surface area contributed by atoms with Crippen LogP contribution >= 0.6 is 24.8 Å². The average molecular weight is 429 g/mol. The van der Waals surface area contributed by atoms with Crippen molar-refractivity contribution in [3.63, 3.8) is 0 Å². The van der Waals surface area contributed by atoms with Crippen LogP contribution in [0.4, 0.5) is 0 Å². The average Bonchev–Trinajstić information content (AvgIpc) is 3.22. The lowest BCUT2D eigenvalue weighted by Crippen LogP contribution is -2.52. The van der Waals surface area contributed by atoms with Gasteiger partial charge < -0.3 is 15.1 Å². The van der Waals surface area contributed by atoms with Crippen molar-refractivity contribution in [2.24, 2.45) is 0 Å². The van der Waals surface area contributed by atoms with E-state index in [4.69, 9.17) is 0 Å². The van der Waals surface area contributed by atoms with Gasteiger partial charge in [0.2, 0.25) is 11.8 Å². The number of nitrogens with zero attached hydrogens (tertiary/aromatic N) is 5. The van der Waals surface area contributed by atoms with Gasteiger partial charge in [-0.2, -0.15) is 5.10 Å². The Bertz CT molecular complexity index is 744. The van der Waals surface area contributed by atoms with Crippen LogP contribution in [0.1, 0.15) is 24.6 Å². The summed E-state index contributed by atoms with van der Waals surface area (Å²) >= 11 is 0. The molecular weight excluding hydrogens is 403 g/mol. The maximum atomic E-state index is 12.9. The number of hydrogen-bond donors (Lipinski definition) is 1. The molecule has 2 unspecified atom stereocenters. The van der Waals surface area contributed by atoms with Gasteiger partial charge in [0.1, 0.15) is 6.04 Å². The summed E-state index contributed by atoms with van der Waals surface area (Å²) in [5.74, 6) is -0.209. The summed E-state index contributed by atoms with van der Waals surface area (Å²) < 4.78 is 1.59. The van der Waals surface area contributed by atoms with Crippen LogP contribution in [-0.4, -0.2) is 69.6 Å². The zero-order valence-electron chi connectivity index (χ0n) is 15.9. The molecule has 10 heteroatoms. The quantitative estimate of drug-likeness (QED) is 0.775. The normalized spacial score (nSPS) is 17.1. The maximum Gasteiger partial charge on any atom is 0.247 e. The second kappa shape index (κ2) is 11.0. The molecule has 2 amide bonds. The minimum Gasteiger partial charge on any atom is -0.335 e. The molecule has 0 saturated carbocycles. The Kier molecular flexibility index (Phi) is 9.37. The topological polar surface area (TPSA) is 83.4 Å². The van der Waals surface area contributed by atoms with Gasteiger partial charge in [0, 0.05) is 51.5 Å². The summed E-state index contributed by atoms with van der Waals surface area (Å²) in [5.41, 5.74) is 0.993. The Morgan fingerprint density at radius 2 is 2.11 bits per heavy atom. The van der Waals surface area contributed by atoms with Crippen LogP contribution in [0.15, 0.2) is 43.0 Å². The third-order valence-electron chi connectivity index (χ3n) is 4.66. The Balaban J connectivity index is 0.00000196. The van der Waals surface area contributed by atoms with Gasteiger partial charge in [0.05, 0.1) is 12.6 Å². The number of likely N-dealkylation sites (N-methyl/N-ethyl adjacent to an activating group) is 1. The van der Waals surface area contributed by atoms with Crippen LogP contribution in [-0.2, 0) is 9.59 Å². The van der Waals surface area contributed by atoms with Gasteiger partial charge in [-0.3, -0.25) is 19.3 Å². The number of amides is 2. The Hall–Kier alpha value is -2.16. The van der Waals surface area contributed by atoms with E-state index in [0.29, 0.717) is 13.1 Å². The minimum absolute atomic E-state index is 0. The van der Waals surface area contributed by atoms with E-state index in [0.717, 1.165) is 12.1 Å². The molecule has 8 nitrogen and oxygen atoms in total. The summed E-state index contributed by atoms with van der Waals surface area (Å²) in [6.07, 6.45) is 6.88. The van der Waals surface area contributed by atoms with Crippen LogP contribution in [0.3, 0.4) is 0 Å². The second-order valence-electron chi connectivity index (χ2n) is 6.45. The van der Waals surface area contributed by atoms with E-state index in [2.05, 4.69) is 15.4 Å². The molecular formula is C18H26Cl2N6O2. The number of carbonyl (C=O) groups is 2. The van der Waals surface area contributed by atoms with Crippen molar-refractivity contribution in [1.29, 1.82) is 0 Å². The molecule has 3 rings (SSSR count). The number of rotatable bonds is 5. The number of carbonyl (C=O) groups excluding carboxylic acids is 2. The monoisotopic (exact) mass is 428 g/mol. The highest BCUT2D eigenvalue weighted by Gasteiger charge is 2.30. The van der Waals surface area contributed by atoms with Gasteiger partial charge >= 0.3 is 0 Å². The van der Waals surface area contributed by atoms with Crippen molar-refractivity contribution in [2.75, 3.05) is 33.2 Å². The molecule has 2 aromatic rings. The standard InChI is InChI=1S/C18H24N6O2.2ClH/c1-14(24-9-4-7-21-24)18(26)22(2)13-17(25)23-10-8-20-12-16(23)15-5-3-6-19-11-15;;/h3-7,9,11,14,16,20H,8,10,12-13H2,1-2H3;2*1H. The van der Waals surface area contributed by atoms with Gasteiger partial charge in [-0.1, -0.05) is 6.07 Å². The first-order valence-electron chi connectivity index (χ1n) is 8.72. The fourth-order valence-electron chi connectivity index (χ4n) is 3.19. The smallest absolute Gasteiger partial charge is 0.247 e. The van der Waals surface area contributed by atoms with Crippen LogP contribution in [0.25, 0.3) is 0 Å². The molecule has 0 spiro atoms. The molecule has 0 radical (unpaired) electrons. The summed E-state index contributed by atoms with van der Waals surface area (Å²) in [6.45, 7) is 3.85. The van der Waals surface area contributed by atoms with E-state index in [1.165, 1.54) is 4.90 Å². The molecule has 28 heavy (non-hydrogen) atoms. The fraction of sp³-hybridized carbons (Fsp3) is 0.444. The molecule has 3 heterocycles. The van der Waals surface area contributed by atoms with Gasteiger partial charge in [0.25, 0.3) is 0 Å². The lowest BCUT2D eigenvalue weighted by Gasteiger charge is -2.37. The first-order chi connectivity index (χ1) is 12.6. The highest BCUT2D eigenvalue weighted by atomic mass is 35.5. The number of piperazine rings is 1. The van der Waals surface area contributed by atoms with Crippen molar-refractivity contribution >= 4 is 36.6 Å². The largest absolute Gasteiger partial charge is 0.335 e. The molecule has 0 aromatic carbocycles. The highest BCUT2D eigenvalue weighted by Crippen LogP contribution is 2.21. The Labute approximate surface area is 177 Å². The molecule has 0 aliphatic carbocycles. The Morgan fingerprint density at radius 3 is 2.75 bits per heavy atom. The molecule has 154 valence electrons. The molecule has 1 fully saturated rings. The van der Waals surface area contributed by atoms with Crippen molar-refractivity contribution in [3.8, 4) is 0 Å². The van der Waals surface area contributed by atoms with Gasteiger partial charge in [-0.05, 0) is 24.6 Å². The van der Waals surface area contributed by atoms with Crippen molar-refractivity contribution in [1.82, 2.24) is 29.9 Å². The fourth-order valence-corrected chi connectivity index (χ4v) is 3.19. The second-order valence-corrected chi connectivity index (χ2v) is 6.45. The molecule has 1 aliphatic rings. The van der Waals surface area contributed by atoms with E-state index in [-0.39, 0.29) is 49.2 Å². The van der Waals surface area contributed by atoms with E-state index in [1.54, 1.807) is 49.5 Å². The number of hydrogen-bond acceptors (Lipinski definition) is 5. The van der Waals surface area contributed by atoms with Crippen LogP contribution in [0.2, 0.25) is 0 Å². The molecule has 1 aliphatic heterocycles. The van der Waals surface area contributed by atoms with Gasteiger partial charge in [-0.25, -0.2) is 0 Å². The van der Waals surface area contributed by atoms with E-state index in [9.17, 15) is 9.59 Å². The van der Waals surface area contributed by atoms with Crippen molar-refractivity contribution < 1.29 is 9.59 Å². The molecule has 0 bridgehead atoms. The summed E-state index contributed by atoms with van der Waals surface area (Å²) in [4.78, 5) is 32.9. The minimum atomic E-state index is -0.444. The van der Waals surface area contributed by atoms with Gasteiger partial charge in [-0.15, -0.1) is 24.8 Å². The van der Waals surface area contributed by atoms with Crippen molar-refractivity contribution in [2.45, 2.75) is 19.0 Å². The van der Waals surface area contributed by atoms with E-state index < -0.39 is 6.04 Å². The number of nitrogens with one attached hydrogen (secondary N) is 1. The van der Waals surface area contributed by atoms with Crippen LogP contribution in [0, 0.1) is 0 Å². The van der Waals surface area contributed by atoms with Gasteiger partial charge in [0.15, 0.2) is 0 Å². The third kappa shape index (κ3) is 5.43. The highest BCUT2D eigenvalue weighted by molar-refractivity contribution is 5.86. The first-order valence-corrected chi connectivity index (χ1v) is 8.72. The summed E-state index contributed by atoms with van der Waals surface area (Å²) in [5, 5.41) is 7.42. The number of halogens is 2.